The van der Waals surface area contributed by atoms with Crippen LogP contribution in [0, 0.1) is 6.92 Å². The van der Waals surface area contributed by atoms with Crippen molar-refractivity contribution in [1.29, 1.82) is 0 Å². The fraction of sp³-hybridized carbons (Fsp3) is 0.167. The molecule has 1 aromatic heterocycles. The van der Waals surface area contributed by atoms with Crippen molar-refractivity contribution in [3.05, 3.63) is 24.0 Å². The monoisotopic (exact) mass is 120 g/mol. The Kier molecular flexibility index (Phi) is 1.85. The van der Waals surface area contributed by atoms with Crippen molar-refractivity contribution in [3.63, 3.8) is 0 Å². The highest BCUT2D eigenvalue weighted by molar-refractivity contribution is 6.46. The maximum atomic E-state index is 8.57. The molecule has 0 bridgehead atoms. The quantitative estimate of drug-likeness (QED) is 0.512. The molecule has 0 amide bonds. The van der Waals surface area contributed by atoms with Crippen LogP contribution < -0.4 is 5.46 Å². The lowest BCUT2D eigenvalue weighted by molar-refractivity contribution is 0.615. The van der Waals surface area contributed by atoms with Crippen molar-refractivity contribution in [2.45, 2.75) is 6.92 Å². The topological polar surface area (TPSA) is 33.1 Å². The molecule has 0 saturated carbocycles. The van der Waals surface area contributed by atoms with E-state index in [1.165, 1.54) is 0 Å². The van der Waals surface area contributed by atoms with Gasteiger partial charge in [0.2, 0.25) is 0 Å². The second kappa shape index (κ2) is 2.64. The zero-order valence-corrected chi connectivity index (χ0v) is 5.20. The Morgan fingerprint density at radius 3 is 2.89 bits per heavy atom. The SMILES string of the molecule is Cc1cnccc1[B]O. The minimum Gasteiger partial charge on any atom is -0.450 e. The van der Waals surface area contributed by atoms with Crippen LogP contribution in [0.25, 0.3) is 0 Å². The number of pyridine rings is 1. The minimum absolute atomic E-state index is 0.824. The first-order valence-corrected chi connectivity index (χ1v) is 2.72. The van der Waals surface area contributed by atoms with Crippen molar-refractivity contribution in [2.24, 2.45) is 0 Å². The van der Waals surface area contributed by atoms with Crippen LogP contribution in [0.5, 0.6) is 0 Å². The first-order valence-electron chi connectivity index (χ1n) is 2.72. The molecule has 0 atom stereocenters. The van der Waals surface area contributed by atoms with Crippen LogP contribution in [-0.4, -0.2) is 17.5 Å². The van der Waals surface area contributed by atoms with Crippen LogP contribution in [0.2, 0.25) is 0 Å². The zero-order valence-electron chi connectivity index (χ0n) is 5.20. The molecule has 2 nitrogen and oxygen atoms in total. The highest BCUT2D eigenvalue weighted by Gasteiger charge is 1.94. The van der Waals surface area contributed by atoms with Crippen molar-refractivity contribution in [3.8, 4) is 0 Å². The van der Waals surface area contributed by atoms with Crippen LogP contribution in [0.15, 0.2) is 18.5 Å². The van der Waals surface area contributed by atoms with Gasteiger partial charge >= 0.3 is 7.48 Å². The summed E-state index contributed by atoms with van der Waals surface area (Å²) in [5.74, 6) is 0. The second-order valence-electron chi connectivity index (χ2n) is 1.86. The lowest BCUT2D eigenvalue weighted by Crippen LogP contribution is -2.16. The zero-order chi connectivity index (χ0) is 6.69. The third kappa shape index (κ3) is 1.30. The number of hydrogen-bond acceptors (Lipinski definition) is 2. The van der Waals surface area contributed by atoms with Crippen molar-refractivity contribution in [1.82, 2.24) is 4.98 Å². The Bertz CT molecular complexity index is 202. The first kappa shape index (κ1) is 6.30. The van der Waals surface area contributed by atoms with Crippen LogP contribution in [0.4, 0.5) is 0 Å². The lowest BCUT2D eigenvalue weighted by atomic mass is 9.86. The molecule has 9 heavy (non-hydrogen) atoms. The molecule has 0 unspecified atom stereocenters. The fourth-order valence-corrected chi connectivity index (χ4v) is 0.629. The molecule has 3 heteroatoms. The average molecular weight is 120 g/mol. The third-order valence-electron chi connectivity index (χ3n) is 1.20. The molecule has 0 aromatic carbocycles. The Labute approximate surface area is 54.8 Å². The van der Waals surface area contributed by atoms with Crippen LogP contribution in [0.1, 0.15) is 5.56 Å². The normalized spacial score (nSPS) is 9.11. The summed E-state index contributed by atoms with van der Waals surface area (Å²) in [5.41, 5.74) is 1.81. The van der Waals surface area contributed by atoms with Gasteiger partial charge in [-0.3, -0.25) is 4.98 Å². The van der Waals surface area contributed by atoms with Gasteiger partial charge in [0.15, 0.2) is 0 Å². The standard InChI is InChI=1S/C6H7BNO/c1-5-4-8-3-2-6(5)7-9/h2-4,9H,1H3. The summed E-state index contributed by atoms with van der Waals surface area (Å²) in [6.07, 6.45) is 3.36. The van der Waals surface area contributed by atoms with Crippen molar-refractivity contribution >= 4 is 12.9 Å². The van der Waals surface area contributed by atoms with E-state index in [0.29, 0.717) is 0 Å². The third-order valence-corrected chi connectivity index (χ3v) is 1.20. The average Bonchev–Trinajstić information content (AvgIpc) is 1.89. The summed E-state index contributed by atoms with van der Waals surface area (Å²) in [5, 5.41) is 8.57. The van der Waals surface area contributed by atoms with E-state index in [0.717, 1.165) is 18.5 Å². The Hall–Kier alpha value is -0.825. The fourth-order valence-electron chi connectivity index (χ4n) is 0.629. The molecular formula is C6H7BNO. The Morgan fingerprint density at radius 2 is 2.44 bits per heavy atom. The van der Waals surface area contributed by atoms with Gasteiger partial charge in [-0.1, -0.05) is 0 Å². The molecule has 0 spiro atoms. The van der Waals surface area contributed by atoms with Crippen LogP contribution in [0.3, 0.4) is 0 Å². The van der Waals surface area contributed by atoms with Gasteiger partial charge in [0.1, 0.15) is 0 Å². The van der Waals surface area contributed by atoms with Gasteiger partial charge in [-0.2, -0.15) is 0 Å². The van der Waals surface area contributed by atoms with Crippen LogP contribution >= 0.6 is 0 Å². The first-order chi connectivity index (χ1) is 4.34. The number of aryl methyl sites for hydroxylation is 1. The highest BCUT2D eigenvalue weighted by Crippen LogP contribution is 1.85. The van der Waals surface area contributed by atoms with E-state index < -0.39 is 0 Å². The molecule has 0 fully saturated rings. The molecule has 1 aromatic rings. The Morgan fingerprint density at radius 1 is 1.67 bits per heavy atom. The van der Waals surface area contributed by atoms with E-state index in [2.05, 4.69) is 4.98 Å². The van der Waals surface area contributed by atoms with Gasteiger partial charge in [-0.05, 0) is 24.0 Å². The molecule has 0 aliphatic rings. The van der Waals surface area contributed by atoms with E-state index in [9.17, 15) is 0 Å². The van der Waals surface area contributed by atoms with Crippen LogP contribution in [-0.2, 0) is 0 Å². The molecule has 1 heterocycles. The molecule has 1 radical (unpaired) electrons. The van der Waals surface area contributed by atoms with Gasteiger partial charge in [0.25, 0.3) is 0 Å². The Balaban J connectivity index is 3.01. The van der Waals surface area contributed by atoms with Gasteiger partial charge in [0.05, 0.1) is 0 Å². The van der Waals surface area contributed by atoms with E-state index in [1.54, 1.807) is 18.5 Å². The summed E-state index contributed by atoms with van der Waals surface area (Å²) >= 11 is 0. The summed E-state index contributed by atoms with van der Waals surface area (Å²) in [7, 11) is 1.08. The van der Waals surface area contributed by atoms with Crippen molar-refractivity contribution in [2.75, 3.05) is 0 Å². The maximum Gasteiger partial charge on any atom is 0.327 e. The lowest BCUT2D eigenvalue weighted by Gasteiger charge is -1.95. The maximum absolute atomic E-state index is 8.57. The minimum atomic E-state index is 0.824. The predicted molar refractivity (Wildman–Crippen MR) is 36.6 cm³/mol. The summed E-state index contributed by atoms with van der Waals surface area (Å²) < 4.78 is 0. The predicted octanol–water partition coefficient (Wildman–Crippen LogP) is -0.373. The molecule has 0 saturated heterocycles. The van der Waals surface area contributed by atoms with E-state index in [1.807, 2.05) is 6.92 Å². The second-order valence-corrected chi connectivity index (χ2v) is 1.86. The van der Waals surface area contributed by atoms with Gasteiger partial charge in [-0.15, -0.1) is 0 Å². The van der Waals surface area contributed by atoms with Crippen molar-refractivity contribution < 1.29 is 5.02 Å². The number of hydrogen-bond donors (Lipinski definition) is 1. The molecule has 45 valence electrons. The van der Waals surface area contributed by atoms with E-state index >= 15 is 0 Å². The molecule has 0 aliphatic heterocycles. The van der Waals surface area contributed by atoms with Gasteiger partial charge in [0, 0.05) is 12.4 Å². The summed E-state index contributed by atoms with van der Waals surface area (Å²) in [6, 6.07) is 1.76. The largest absolute Gasteiger partial charge is 0.450 e. The smallest absolute Gasteiger partial charge is 0.327 e. The molecular weight excluding hydrogens is 113 g/mol. The molecule has 0 aliphatic carbocycles. The van der Waals surface area contributed by atoms with Gasteiger partial charge in [-0.25, -0.2) is 0 Å². The summed E-state index contributed by atoms with van der Waals surface area (Å²) in [6.45, 7) is 1.90. The van der Waals surface area contributed by atoms with E-state index in [4.69, 9.17) is 5.02 Å². The molecule has 1 N–H and O–H groups in total. The number of rotatable bonds is 1. The summed E-state index contributed by atoms with van der Waals surface area (Å²) in [4.78, 5) is 3.86. The van der Waals surface area contributed by atoms with Gasteiger partial charge < -0.3 is 5.02 Å². The molecule has 1 rings (SSSR count). The number of nitrogens with zero attached hydrogens (tertiary/aromatic N) is 1. The highest BCUT2D eigenvalue weighted by atomic mass is 16.2. The number of aromatic nitrogens is 1. The van der Waals surface area contributed by atoms with E-state index in [-0.39, 0.29) is 0 Å².